The number of fused-ring (bicyclic) bond motifs is 1. The van der Waals surface area contributed by atoms with Crippen LogP contribution in [0.15, 0.2) is 60.8 Å². The molecule has 0 spiro atoms. The highest BCUT2D eigenvalue weighted by molar-refractivity contribution is 5.64. The third kappa shape index (κ3) is 5.39. The first-order chi connectivity index (χ1) is 14.8. The molecule has 1 N–H and O–H groups in total. The maximum Gasteiger partial charge on any atom is 0.231 e. The molecule has 4 nitrogen and oxygen atoms in total. The third-order valence-electron chi connectivity index (χ3n) is 5.06. The third-order valence-corrected chi connectivity index (χ3v) is 5.06. The molecule has 0 bridgehead atoms. The van der Waals surface area contributed by atoms with Gasteiger partial charge in [-0.3, -0.25) is 4.98 Å². The lowest BCUT2D eigenvalue weighted by Crippen LogP contribution is -2.15. The van der Waals surface area contributed by atoms with E-state index in [9.17, 15) is 0 Å². The second-order valence-corrected chi connectivity index (χ2v) is 7.06. The number of aromatic nitrogens is 1. The Bertz CT molecular complexity index is 926. The van der Waals surface area contributed by atoms with Gasteiger partial charge in [-0.25, -0.2) is 0 Å². The predicted octanol–water partition coefficient (Wildman–Crippen LogP) is 6.14. The lowest BCUT2D eigenvalue weighted by atomic mass is 9.96. The van der Waals surface area contributed by atoms with Crippen LogP contribution in [0.5, 0.6) is 11.5 Å². The van der Waals surface area contributed by atoms with Gasteiger partial charge in [0, 0.05) is 24.8 Å². The Hall–Kier alpha value is -2.85. The van der Waals surface area contributed by atoms with Gasteiger partial charge in [0.25, 0.3) is 0 Å². The number of hydrogen-bond donors (Lipinski definition) is 1. The van der Waals surface area contributed by atoms with E-state index in [0.717, 1.165) is 36.7 Å². The molecule has 0 atom stereocenters. The van der Waals surface area contributed by atoms with Crippen LogP contribution < -0.4 is 14.8 Å². The summed E-state index contributed by atoms with van der Waals surface area (Å²) in [5, 5.41) is 3.58. The molecule has 0 unspecified atom stereocenters. The molecule has 158 valence electrons. The van der Waals surface area contributed by atoms with E-state index in [-0.39, 0.29) is 0 Å². The average Bonchev–Trinajstić information content (AvgIpc) is 3.28. The molecule has 1 aliphatic heterocycles. The summed E-state index contributed by atoms with van der Waals surface area (Å²) >= 11 is 0. The highest BCUT2D eigenvalue weighted by Crippen LogP contribution is 2.32. The van der Waals surface area contributed by atoms with Gasteiger partial charge in [-0.1, -0.05) is 63.6 Å². The smallest absolute Gasteiger partial charge is 0.231 e. The molecule has 0 amide bonds. The van der Waals surface area contributed by atoms with Crippen molar-refractivity contribution >= 4 is 0 Å². The fraction of sp³-hybridized carbons (Fsp3) is 0.346. The predicted molar refractivity (Wildman–Crippen MR) is 123 cm³/mol. The lowest BCUT2D eigenvalue weighted by molar-refractivity contribution is 0.174. The normalized spacial score (nSPS) is 11.7. The van der Waals surface area contributed by atoms with Gasteiger partial charge < -0.3 is 14.8 Å². The monoisotopic (exact) mass is 404 g/mol. The Morgan fingerprint density at radius 3 is 2.53 bits per heavy atom. The number of nitrogens with one attached hydrogen (secondary N) is 1. The van der Waals surface area contributed by atoms with E-state index < -0.39 is 0 Å². The summed E-state index contributed by atoms with van der Waals surface area (Å²) in [6.07, 6.45) is 5.32. The Morgan fingerprint density at radius 1 is 0.933 bits per heavy atom. The molecule has 0 fully saturated rings. The van der Waals surface area contributed by atoms with Gasteiger partial charge in [0.1, 0.15) is 0 Å². The SMILES string of the molecule is CC.CCCCc1c(CNCc2ccc3c(c2)OCO3)ccnc1-c1ccccc1. The molecule has 2 heterocycles. The molecule has 0 aliphatic carbocycles. The van der Waals surface area contributed by atoms with Gasteiger partial charge >= 0.3 is 0 Å². The van der Waals surface area contributed by atoms with E-state index >= 15 is 0 Å². The summed E-state index contributed by atoms with van der Waals surface area (Å²) < 4.78 is 10.9. The number of rotatable bonds is 8. The van der Waals surface area contributed by atoms with Crippen molar-refractivity contribution in [3.63, 3.8) is 0 Å². The van der Waals surface area contributed by atoms with Crippen LogP contribution in [-0.2, 0) is 19.5 Å². The topological polar surface area (TPSA) is 43.4 Å². The number of ether oxygens (including phenoxy) is 2. The number of nitrogens with zero attached hydrogens (tertiary/aromatic N) is 1. The zero-order chi connectivity index (χ0) is 21.2. The van der Waals surface area contributed by atoms with E-state index in [1.54, 1.807) is 0 Å². The number of pyridine rings is 1. The highest BCUT2D eigenvalue weighted by atomic mass is 16.7. The Labute approximate surface area is 180 Å². The second kappa shape index (κ2) is 11.4. The fourth-order valence-corrected chi connectivity index (χ4v) is 3.57. The van der Waals surface area contributed by atoms with Crippen LogP contribution in [-0.4, -0.2) is 11.8 Å². The molecule has 4 heteroatoms. The largest absolute Gasteiger partial charge is 0.454 e. The van der Waals surface area contributed by atoms with E-state index in [0.29, 0.717) is 6.79 Å². The first-order valence-electron chi connectivity index (χ1n) is 11.0. The minimum Gasteiger partial charge on any atom is -0.454 e. The maximum absolute atomic E-state index is 5.47. The molecular weight excluding hydrogens is 372 g/mol. The summed E-state index contributed by atoms with van der Waals surface area (Å²) in [7, 11) is 0. The van der Waals surface area contributed by atoms with Crippen molar-refractivity contribution in [2.24, 2.45) is 0 Å². The first-order valence-corrected chi connectivity index (χ1v) is 11.0. The van der Waals surface area contributed by atoms with Crippen LogP contribution in [0.25, 0.3) is 11.3 Å². The summed E-state index contributed by atoms with van der Waals surface area (Å²) in [6, 6.07) is 18.7. The number of benzene rings is 2. The summed E-state index contributed by atoms with van der Waals surface area (Å²) in [5.41, 5.74) is 6.16. The molecule has 1 aromatic heterocycles. The van der Waals surface area contributed by atoms with Crippen LogP contribution in [0.2, 0.25) is 0 Å². The molecule has 3 aromatic rings. The van der Waals surface area contributed by atoms with Gasteiger partial charge in [0.2, 0.25) is 6.79 Å². The zero-order valence-electron chi connectivity index (χ0n) is 18.3. The van der Waals surface area contributed by atoms with Gasteiger partial charge in [-0.2, -0.15) is 0 Å². The molecule has 0 radical (unpaired) electrons. The molecule has 2 aromatic carbocycles. The average molecular weight is 405 g/mol. The van der Waals surface area contributed by atoms with Crippen molar-refractivity contribution in [2.75, 3.05) is 6.79 Å². The van der Waals surface area contributed by atoms with Gasteiger partial charge in [0.15, 0.2) is 11.5 Å². The van der Waals surface area contributed by atoms with Crippen LogP contribution >= 0.6 is 0 Å². The Kier molecular flexibility index (Phi) is 8.28. The first kappa shape index (κ1) is 21.8. The van der Waals surface area contributed by atoms with E-state index in [4.69, 9.17) is 14.5 Å². The molecule has 0 saturated heterocycles. The van der Waals surface area contributed by atoms with Crippen LogP contribution in [0.4, 0.5) is 0 Å². The van der Waals surface area contributed by atoms with Crippen LogP contribution in [0.3, 0.4) is 0 Å². The molecule has 30 heavy (non-hydrogen) atoms. The van der Waals surface area contributed by atoms with Crippen molar-refractivity contribution in [1.29, 1.82) is 0 Å². The Balaban J connectivity index is 0.00000124. The lowest BCUT2D eigenvalue weighted by Gasteiger charge is -2.15. The van der Waals surface area contributed by atoms with E-state index in [2.05, 4.69) is 54.7 Å². The molecular formula is C26H32N2O2. The minimum atomic E-state index is 0.312. The highest BCUT2D eigenvalue weighted by Gasteiger charge is 2.14. The van der Waals surface area contributed by atoms with E-state index in [1.165, 1.54) is 35.1 Å². The molecule has 0 saturated carbocycles. The quantitative estimate of drug-likeness (QED) is 0.490. The fourth-order valence-electron chi connectivity index (χ4n) is 3.57. The molecule has 1 aliphatic rings. The minimum absolute atomic E-state index is 0.312. The summed E-state index contributed by atoms with van der Waals surface area (Å²) in [5.74, 6) is 1.66. The Morgan fingerprint density at radius 2 is 1.73 bits per heavy atom. The number of unbranched alkanes of at least 4 members (excludes halogenated alkanes) is 1. The van der Waals surface area contributed by atoms with Crippen LogP contribution in [0.1, 0.15) is 50.3 Å². The second-order valence-electron chi connectivity index (χ2n) is 7.06. The van der Waals surface area contributed by atoms with Gasteiger partial charge in [-0.05, 0) is 47.7 Å². The summed E-state index contributed by atoms with van der Waals surface area (Å²) in [6.45, 7) is 8.14. The zero-order valence-corrected chi connectivity index (χ0v) is 18.3. The van der Waals surface area contributed by atoms with Crippen molar-refractivity contribution in [1.82, 2.24) is 10.3 Å². The summed E-state index contributed by atoms with van der Waals surface area (Å²) in [4.78, 5) is 4.71. The van der Waals surface area contributed by atoms with Crippen molar-refractivity contribution in [2.45, 2.75) is 53.1 Å². The van der Waals surface area contributed by atoms with Gasteiger partial charge in [0.05, 0.1) is 5.69 Å². The molecule has 4 rings (SSSR count). The van der Waals surface area contributed by atoms with E-state index in [1.807, 2.05) is 32.2 Å². The van der Waals surface area contributed by atoms with Crippen molar-refractivity contribution < 1.29 is 9.47 Å². The number of hydrogen-bond acceptors (Lipinski definition) is 4. The maximum atomic E-state index is 5.47. The van der Waals surface area contributed by atoms with Gasteiger partial charge in [-0.15, -0.1) is 0 Å². The van der Waals surface area contributed by atoms with Crippen molar-refractivity contribution in [3.8, 4) is 22.8 Å². The van der Waals surface area contributed by atoms with Crippen molar-refractivity contribution in [3.05, 3.63) is 77.5 Å². The standard InChI is InChI=1S/C24H26N2O2.C2H6/c1-2-3-9-21-20(12-13-26-24(21)19-7-5-4-6-8-19)16-25-15-18-10-11-22-23(14-18)28-17-27-22;1-2/h4-8,10-14,25H,2-3,9,15-17H2,1H3;1-2H3. The van der Waals surface area contributed by atoms with Crippen LogP contribution in [0, 0.1) is 0 Å².